The molecule has 0 aromatic heterocycles. The van der Waals surface area contributed by atoms with Crippen molar-refractivity contribution >= 4 is 23.1 Å². The minimum absolute atomic E-state index is 0.149. The molecule has 5 heteroatoms. The number of carbonyl (C=O) groups excluding carboxylic acids is 2. The lowest BCUT2D eigenvalue weighted by molar-refractivity contribution is -0.118. The van der Waals surface area contributed by atoms with E-state index in [1.165, 1.54) is 0 Å². The molecule has 1 aliphatic rings. The van der Waals surface area contributed by atoms with Gasteiger partial charge in [0.15, 0.2) is 0 Å². The third-order valence-corrected chi connectivity index (χ3v) is 4.12. The molecule has 124 valence electrons. The number of hydrogen-bond acceptors (Lipinski definition) is 3. The standard InChI is InChI=1S/C20H17N3O2/c1-2-23-17-11-7-6-10-15(17)18(20(23)25)16(12-21)19(24)22-13-14-8-4-3-5-9-14/h3-11H,2,13H2,1H3,(H,22,24). The first kappa shape index (κ1) is 16.5. The van der Waals surface area contributed by atoms with Crippen LogP contribution in [0.1, 0.15) is 18.1 Å². The Morgan fingerprint density at radius 3 is 2.48 bits per heavy atom. The highest BCUT2D eigenvalue weighted by Crippen LogP contribution is 2.38. The Morgan fingerprint density at radius 1 is 1.12 bits per heavy atom. The molecule has 2 amide bonds. The molecule has 2 aromatic carbocycles. The molecule has 0 aliphatic carbocycles. The van der Waals surface area contributed by atoms with Crippen molar-refractivity contribution in [3.05, 3.63) is 71.3 Å². The first-order valence-corrected chi connectivity index (χ1v) is 8.05. The fourth-order valence-electron chi connectivity index (χ4n) is 2.92. The van der Waals surface area contributed by atoms with Crippen molar-refractivity contribution in [3.63, 3.8) is 0 Å². The Bertz CT molecular complexity index is 895. The highest BCUT2D eigenvalue weighted by atomic mass is 16.2. The van der Waals surface area contributed by atoms with Gasteiger partial charge < -0.3 is 10.2 Å². The molecule has 0 bridgehead atoms. The zero-order valence-electron chi connectivity index (χ0n) is 13.8. The number of rotatable bonds is 4. The molecule has 0 spiro atoms. The van der Waals surface area contributed by atoms with Crippen molar-refractivity contribution in [3.8, 4) is 6.07 Å². The Kier molecular flexibility index (Phi) is 4.62. The molecule has 1 heterocycles. The number of likely N-dealkylation sites (N-methyl/N-ethyl adjacent to an activating group) is 1. The van der Waals surface area contributed by atoms with E-state index in [0.717, 1.165) is 11.3 Å². The first-order valence-electron chi connectivity index (χ1n) is 8.05. The second-order valence-corrected chi connectivity index (χ2v) is 5.60. The number of fused-ring (bicyclic) bond motifs is 1. The van der Waals surface area contributed by atoms with E-state index < -0.39 is 5.91 Å². The molecule has 1 N–H and O–H groups in total. The molecular weight excluding hydrogens is 314 g/mol. The molecule has 2 aromatic rings. The van der Waals surface area contributed by atoms with Crippen LogP contribution in [0.15, 0.2) is 60.2 Å². The zero-order chi connectivity index (χ0) is 17.8. The Labute approximate surface area is 146 Å². The number of carbonyl (C=O) groups is 2. The minimum Gasteiger partial charge on any atom is -0.347 e. The highest BCUT2D eigenvalue weighted by molar-refractivity contribution is 6.37. The van der Waals surface area contributed by atoms with Crippen LogP contribution >= 0.6 is 0 Å². The Morgan fingerprint density at radius 2 is 1.80 bits per heavy atom. The highest BCUT2D eigenvalue weighted by Gasteiger charge is 2.35. The van der Waals surface area contributed by atoms with Gasteiger partial charge in [-0.2, -0.15) is 5.26 Å². The topological polar surface area (TPSA) is 73.2 Å². The second kappa shape index (κ2) is 7.02. The number of hydrogen-bond donors (Lipinski definition) is 1. The zero-order valence-corrected chi connectivity index (χ0v) is 13.8. The van der Waals surface area contributed by atoms with Gasteiger partial charge in [-0.25, -0.2) is 0 Å². The summed E-state index contributed by atoms with van der Waals surface area (Å²) in [7, 11) is 0. The van der Waals surface area contributed by atoms with Crippen LogP contribution in [0.3, 0.4) is 0 Å². The maximum atomic E-state index is 12.7. The van der Waals surface area contributed by atoms with E-state index in [0.29, 0.717) is 18.7 Å². The summed E-state index contributed by atoms with van der Waals surface area (Å²) in [5.41, 5.74) is 2.30. The number of para-hydroxylation sites is 1. The third-order valence-electron chi connectivity index (χ3n) is 4.12. The molecule has 0 saturated carbocycles. The van der Waals surface area contributed by atoms with Gasteiger partial charge in [0.25, 0.3) is 11.8 Å². The monoisotopic (exact) mass is 331 g/mol. The van der Waals surface area contributed by atoms with Crippen LogP contribution in [0, 0.1) is 11.3 Å². The van der Waals surface area contributed by atoms with Gasteiger partial charge in [-0.05, 0) is 18.6 Å². The van der Waals surface area contributed by atoms with E-state index in [9.17, 15) is 14.9 Å². The van der Waals surface area contributed by atoms with E-state index in [2.05, 4.69) is 5.32 Å². The average Bonchev–Trinajstić information content (AvgIpc) is 2.93. The van der Waals surface area contributed by atoms with Gasteiger partial charge in [-0.3, -0.25) is 9.59 Å². The maximum Gasteiger partial charge on any atom is 0.263 e. The summed E-state index contributed by atoms with van der Waals surface area (Å²) in [5, 5.41) is 12.2. The van der Waals surface area contributed by atoms with E-state index in [1.54, 1.807) is 17.0 Å². The van der Waals surface area contributed by atoms with Crippen LogP contribution in [0.5, 0.6) is 0 Å². The predicted octanol–water partition coefficient (Wildman–Crippen LogP) is 2.65. The average molecular weight is 331 g/mol. The lowest BCUT2D eigenvalue weighted by atomic mass is 10.0. The Balaban J connectivity index is 1.95. The number of nitrogens with one attached hydrogen (secondary N) is 1. The summed E-state index contributed by atoms with van der Waals surface area (Å²) in [6.07, 6.45) is 0. The molecule has 0 fully saturated rings. The molecule has 0 saturated heterocycles. The van der Waals surface area contributed by atoms with Crippen molar-refractivity contribution < 1.29 is 9.59 Å². The molecule has 3 rings (SSSR count). The van der Waals surface area contributed by atoms with Gasteiger partial charge in [0.1, 0.15) is 11.6 Å². The lowest BCUT2D eigenvalue weighted by Gasteiger charge is -2.13. The van der Waals surface area contributed by atoms with E-state index in [1.807, 2.05) is 55.5 Å². The molecule has 1 aliphatic heterocycles. The van der Waals surface area contributed by atoms with Gasteiger partial charge in [-0.1, -0.05) is 48.5 Å². The molecule has 0 radical (unpaired) electrons. The molecule has 5 nitrogen and oxygen atoms in total. The smallest absolute Gasteiger partial charge is 0.263 e. The number of nitriles is 1. The molecule has 25 heavy (non-hydrogen) atoms. The van der Waals surface area contributed by atoms with Crippen molar-refractivity contribution in [2.75, 3.05) is 11.4 Å². The first-order chi connectivity index (χ1) is 12.2. The normalized spacial score (nSPS) is 14.7. The van der Waals surface area contributed by atoms with E-state index in [-0.39, 0.29) is 17.1 Å². The fourth-order valence-corrected chi connectivity index (χ4v) is 2.92. The number of nitrogens with zero attached hydrogens (tertiary/aromatic N) is 2. The van der Waals surface area contributed by atoms with Gasteiger partial charge in [-0.15, -0.1) is 0 Å². The largest absolute Gasteiger partial charge is 0.347 e. The quantitative estimate of drug-likeness (QED) is 0.691. The van der Waals surface area contributed by atoms with Crippen LogP contribution in [0.2, 0.25) is 0 Å². The maximum absolute atomic E-state index is 12.7. The van der Waals surface area contributed by atoms with Crippen molar-refractivity contribution in [2.45, 2.75) is 13.5 Å². The SMILES string of the molecule is CCN1C(=O)C(=C(C#N)C(=O)NCc2ccccc2)c2ccccc21. The summed E-state index contributed by atoms with van der Waals surface area (Å²) >= 11 is 0. The van der Waals surface area contributed by atoms with Crippen LogP contribution in [0.4, 0.5) is 5.69 Å². The predicted molar refractivity (Wildman–Crippen MR) is 95.3 cm³/mol. The van der Waals surface area contributed by atoms with Crippen molar-refractivity contribution in [2.24, 2.45) is 0 Å². The van der Waals surface area contributed by atoms with E-state index in [4.69, 9.17) is 0 Å². The second-order valence-electron chi connectivity index (χ2n) is 5.60. The summed E-state index contributed by atoms with van der Waals surface area (Å²) < 4.78 is 0. The van der Waals surface area contributed by atoms with Gasteiger partial charge >= 0.3 is 0 Å². The van der Waals surface area contributed by atoms with Crippen LogP contribution < -0.4 is 10.2 Å². The van der Waals surface area contributed by atoms with Gasteiger partial charge in [0.05, 0.1) is 11.3 Å². The van der Waals surface area contributed by atoms with Crippen LogP contribution in [0.25, 0.3) is 5.57 Å². The van der Waals surface area contributed by atoms with Gasteiger partial charge in [0.2, 0.25) is 0 Å². The molecule has 0 unspecified atom stereocenters. The third kappa shape index (κ3) is 3.02. The van der Waals surface area contributed by atoms with Crippen LogP contribution in [-0.4, -0.2) is 18.4 Å². The van der Waals surface area contributed by atoms with E-state index >= 15 is 0 Å². The van der Waals surface area contributed by atoms with Crippen molar-refractivity contribution in [1.82, 2.24) is 5.32 Å². The fraction of sp³-hybridized carbons (Fsp3) is 0.150. The summed E-state index contributed by atoms with van der Waals surface area (Å²) in [6.45, 7) is 2.63. The summed E-state index contributed by atoms with van der Waals surface area (Å²) in [6, 6.07) is 18.5. The summed E-state index contributed by atoms with van der Waals surface area (Å²) in [5.74, 6) is -0.849. The van der Waals surface area contributed by atoms with Crippen LogP contribution in [-0.2, 0) is 16.1 Å². The Hall–Kier alpha value is -3.39. The molecular formula is C20H17N3O2. The van der Waals surface area contributed by atoms with Crippen molar-refractivity contribution in [1.29, 1.82) is 5.26 Å². The number of anilines is 1. The number of benzene rings is 2. The minimum atomic E-state index is -0.539. The lowest BCUT2D eigenvalue weighted by Crippen LogP contribution is -2.29. The summed E-state index contributed by atoms with van der Waals surface area (Å²) in [4.78, 5) is 26.8. The molecule has 0 atom stereocenters. The number of amides is 2. The van der Waals surface area contributed by atoms with Gasteiger partial charge in [0, 0.05) is 18.7 Å².